The molecule has 0 N–H and O–H groups in total. The molecule has 0 saturated heterocycles. The van der Waals surface area contributed by atoms with Gasteiger partial charge in [-0.05, 0) is 42.0 Å². The van der Waals surface area contributed by atoms with Gasteiger partial charge in [-0.1, -0.05) is 73.2 Å². The summed E-state index contributed by atoms with van der Waals surface area (Å²) in [6.07, 6.45) is 15.1. The molecule has 2 rings (SSSR count). The predicted molar refractivity (Wildman–Crippen MR) is 84.0 cm³/mol. The minimum Gasteiger partial charge on any atom is -0.0795 e. The van der Waals surface area contributed by atoms with Crippen molar-refractivity contribution in [2.45, 2.75) is 58.3 Å². The lowest BCUT2D eigenvalue weighted by molar-refractivity contribution is 0.607. The molecule has 0 fully saturated rings. The van der Waals surface area contributed by atoms with Crippen molar-refractivity contribution in [3.8, 4) is 0 Å². The van der Waals surface area contributed by atoms with E-state index >= 15 is 0 Å². The summed E-state index contributed by atoms with van der Waals surface area (Å²) in [7, 11) is 0. The third-order valence-electron chi connectivity index (χ3n) is 3.72. The van der Waals surface area contributed by atoms with Gasteiger partial charge in [-0.3, -0.25) is 0 Å². The van der Waals surface area contributed by atoms with E-state index in [4.69, 9.17) is 0 Å². The minimum atomic E-state index is 1.11. The Kier molecular flexibility index (Phi) is 5.49. The van der Waals surface area contributed by atoms with Gasteiger partial charge < -0.3 is 0 Å². The number of allylic oxidation sites excluding steroid dienone is 1. The van der Waals surface area contributed by atoms with E-state index in [2.05, 4.69) is 47.1 Å². The first-order valence-electron chi connectivity index (χ1n) is 7.29. The molecule has 0 bridgehead atoms. The summed E-state index contributed by atoms with van der Waals surface area (Å²) in [6, 6.07) is 4.70. The fourth-order valence-electron chi connectivity index (χ4n) is 2.65. The lowest BCUT2D eigenvalue weighted by Gasteiger charge is -2.07. The summed E-state index contributed by atoms with van der Waals surface area (Å²) in [6.45, 7) is 2.27. The zero-order valence-electron chi connectivity index (χ0n) is 11.3. The van der Waals surface area contributed by atoms with Gasteiger partial charge in [0, 0.05) is 4.47 Å². The molecule has 0 nitrogen and oxygen atoms in total. The smallest absolute Gasteiger partial charge is 0.0253 e. The number of halogens is 1. The molecular weight excluding hydrogens is 284 g/mol. The van der Waals surface area contributed by atoms with E-state index in [1.807, 2.05) is 0 Å². The Bertz CT molecular complexity index is 418. The van der Waals surface area contributed by atoms with Crippen molar-refractivity contribution in [3.05, 3.63) is 39.4 Å². The molecular formula is C17H23Br. The summed E-state index contributed by atoms with van der Waals surface area (Å²) >= 11 is 3.69. The summed E-state index contributed by atoms with van der Waals surface area (Å²) in [5, 5.41) is 0. The van der Waals surface area contributed by atoms with Gasteiger partial charge in [0.15, 0.2) is 0 Å². The second kappa shape index (κ2) is 7.13. The first-order valence-corrected chi connectivity index (χ1v) is 8.08. The van der Waals surface area contributed by atoms with Gasteiger partial charge >= 0.3 is 0 Å². The number of benzene rings is 1. The summed E-state index contributed by atoms with van der Waals surface area (Å²) < 4.78 is 1.27. The van der Waals surface area contributed by atoms with Crippen molar-refractivity contribution in [2.24, 2.45) is 0 Å². The van der Waals surface area contributed by atoms with Crippen LogP contribution in [0.15, 0.2) is 22.7 Å². The molecule has 0 aliphatic heterocycles. The van der Waals surface area contributed by atoms with E-state index in [9.17, 15) is 0 Å². The Hall–Kier alpha value is -0.560. The molecule has 18 heavy (non-hydrogen) atoms. The quantitative estimate of drug-likeness (QED) is 0.548. The molecule has 1 heteroatoms. The number of unbranched alkanes of at least 4 members (excludes halogenated alkanes) is 5. The van der Waals surface area contributed by atoms with Crippen LogP contribution in [0.25, 0.3) is 6.08 Å². The van der Waals surface area contributed by atoms with E-state index in [-0.39, 0.29) is 0 Å². The molecule has 98 valence electrons. The standard InChI is InChI=1S/C17H23Br/c1-2-3-4-5-6-7-9-14-12-15-10-8-11-16(15)17(18)13-14/h8,11-13H,2-7,9-10H2,1H3. The van der Waals surface area contributed by atoms with Crippen LogP contribution in [-0.2, 0) is 12.8 Å². The van der Waals surface area contributed by atoms with E-state index in [0.29, 0.717) is 0 Å². The molecule has 0 saturated carbocycles. The monoisotopic (exact) mass is 306 g/mol. The molecule has 0 heterocycles. The predicted octanol–water partition coefficient (Wildman–Crippen LogP) is 5.92. The molecule has 0 radical (unpaired) electrons. The zero-order chi connectivity index (χ0) is 12.8. The van der Waals surface area contributed by atoms with Crippen LogP contribution in [-0.4, -0.2) is 0 Å². The molecule has 0 spiro atoms. The molecule has 1 aromatic carbocycles. The van der Waals surface area contributed by atoms with Gasteiger partial charge in [0.2, 0.25) is 0 Å². The Morgan fingerprint density at radius 2 is 1.83 bits per heavy atom. The summed E-state index contributed by atoms with van der Waals surface area (Å²) in [5.74, 6) is 0. The number of rotatable bonds is 7. The molecule has 1 aliphatic carbocycles. The van der Waals surface area contributed by atoms with Crippen molar-refractivity contribution in [1.82, 2.24) is 0 Å². The maximum absolute atomic E-state index is 3.69. The Labute approximate surface area is 120 Å². The van der Waals surface area contributed by atoms with E-state index in [0.717, 1.165) is 6.42 Å². The lowest BCUT2D eigenvalue weighted by Crippen LogP contribution is -1.91. The van der Waals surface area contributed by atoms with Gasteiger partial charge in [0.1, 0.15) is 0 Å². The maximum atomic E-state index is 3.69. The minimum absolute atomic E-state index is 1.11. The van der Waals surface area contributed by atoms with Crippen molar-refractivity contribution in [1.29, 1.82) is 0 Å². The first-order chi connectivity index (χ1) is 8.81. The van der Waals surface area contributed by atoms with Gasteiger partial charge in [-0.15, -0.1) is 0 Å². The maximum Gasteiger partial charge on any atom is 0.0253 e. The van der Waals surface area contributed by atoms with Crippen LogP contribution < -0.4 is 0 Å². The average molecular weight is 307 g/mol. The number of hydrogen-bond acceptors (Lipinski definition) is 0. The first kappa shape index (κ1) is 13.9. The van der Waals surface area contributed by atoms with Gasteiger partial charge in [-0.2, -0.15) is 0 Å². The topological polar surface area (TPSA) is 0 Å². The highest BCUT2D eigenvalue weighted by molar-refractivity contribution is 9.10. The van der Waals surface area contributed by atoms with Crippen LogP contribution in [0.4, 0.5) is 0 Å². The summed E-state index contributed by atoms with van der Waals surface area (Å²) in [4.78, 5) is 0. The second-order valence-corrected chi connectivity index (χ2v) is 6.13. The molecule has 0 unspecified atom stereocenters. The van der Waals surface area contributed by atoms with Crippen LogP contribution >= 0.6 is 15.9 Å². The third kappa shape index (κ3) is 3.71. The number of fused-ring (bicyclic) bond motifs is 1. The normalized spacial score (nSPS) is 13.0. The van der Waals surface area contributed by atoms with Crippen molar-refractivity contribution < 1.29 is 0 Å². The van der Waals surface area contributed by atoms with Crippen molar-refractivity contribution in [2.75, 3.05) is 0 Å². The largest absolute Gasteiger partial charge is 0.0795 e. The zero-order valence-corrected chi connectivity index (χ0v) is 12.9. The third-order valence-corrected chi connectivity index (χ3v) is 4.37. The van der Waals surface area contributed by atoms with Crippen LogP contribution in [0.3, 0.4) is 0 Å². The van der Waals surface area contributed by atoms with Crippen molar-refractivity contribution >= 4 is 22.0 Å². The molecule has 1 aliphatic rings. The fourth-order valence-corrected chi connectivity index (χ4v) is 3.33. The van der Waals surface area contributed by atoms with E-state index in [1.165, 1.54) is 66.1 Å². The molecule has 1 aromatic rings. The van der Waals surface area contributed by atoms with Gasteiger partial charge in [0.25, 0.3) is 0 Å². The fraction of sp³-hybridized carbons (Fsp3) is 0.529. The van der Waals surface area contributed by atoms with Crippen LogP contribution in [0.1, 0.15) is 62.1 Å². The number of hydrogen-bond donors (Lipinski definition) is 0. The highest BCUT2D eigenvalue weighted by Gasteiger charge is 2.10. The second-order valence-electron chi connectivity index (χ2n) is 5.27. The SMILES string of the molecule is CCCCCCCCc1cc(Br)c2c(c1)CC=C2. The average Bonchev–Trinajstić information content (AvgIpc) is 2.82. The number of aryl methyl sites for hydroxylation is 1. The highest BCUT2D eigenvalue weighted by Crippen LogP contribution is 2.29. The van der Waals surface area contributed by atoms with Gasteiger partial charge in [-0.25, -0.2) is 0 Å². The van der Waals surface area contributed by atoms with Gasteiger partial charge in [0.05, 0.1) is 0 Å². The molecule has 0 atom stereocenters. The summed E-state index contributed by atoms with van der Waals surface area (Å²) in [5.41, 5.74) is 4.38. The van der Waals surface area contributed by atoms with Crippen LogP contribution in [0.5, 0.6) is 0 Å². The Morgan fingerprint density at radius 1 is 1.06 bits per heavy atom. The van der Waals surface area contributed by atoms with Crippen LogP contribution in [0, 0.1) is 0 Å². The van der Waals surface area contributed by atoms with E-state index in [1.54, 1.807) is 0 Å². The Balaban J connectivity index is 1.79. The Morgan fingerprint density at radius 3 is 2.67 bits per heavy atom. The van der Waals surface area contributed by atoms with E-state index < -0.39 is 0 Å². The lowest BCUT2D eigenvalue weighted by atomic mass is 10.0. The van der Waals surface area contributed by atoms with Crippen molar-refractivity contribution in [3.63, 3.8) is 0 Å². The molecule has 0 aromatic heterocycles. The molecule has 0 amide bonds. The highest BCUT2D eigenvalue weighted by atomic mass is 79.9. The van der Waals surface area contributed by atoms with Crippen LogP contribution in [0.2, 0.25) is 0 Å².